The molecule has 0 spiro atoms. The minimum Gasteiger partial charge on any atom is -0.393 e. The Hall–Kier alpha value is -0.160. The molecule has 0 amide bonds. The topological polar surface area (TPSA) is 78.5 Å². The molecule has 0 aromatic rings. The fraction of sp³-hybridized carbons (Fsp3) is 1.00. The van der Waals surface area contributed by atoms with Gasteiger partial charge in [-0.3, -0.25) is 0 Å². The molecule has 0 bridgehead atoms. The van der Waals surface area contributed by atoms with Crippen molar-refractivity contribution in [2.24, 2.45) is 11.7 Å². The maximum absolute atomic E-state index is 10.1. The second-order valence-corrected chi connectivity index (χ2v) is 6.40. The molecule has 0 aliphatic heterocycles. The minimum atomic E-state index is -0.571. The van der Waals surface area contributed by atoms with Gasteiger partial charge in [-0.25, -0.2) is 0 Å². The number of aliphatic hydroxyl groups excluding tert-OH is 2. The molecule has 4 heteroatoms. The lowest BCUT2D eigenvalue weighted by atomic mass is 9.83. The molecular formula is C16H34N2O2. The Labute approximate surface area is 124 Å². The van der Waals surface area contributed by atoms with Gasteiger partial charge in [0.05, 0.1) is 12.2 Å². The number of hydrogen-bond acceptors (Lipinski definition) is 4. The van der Waals surface area contributed by atoms with Crippen LogP contribution in [-0.4, -0.2) is 41.6 Å². The summed E-state index contributed by atoms with van der Waals surface area (Å²) in [6, 6.07) is -0.184. The van der Waals surface area contributed by atoms with Crippen LogP contribution in [-0.2, 0) is 0 Å². The highest BCUT2D eigenvalue weighted by molar-refractivity contribution is 4.79. The molecule has 5 N–H and O–H groups in total. The van der Waals surface area contributed by atoms with Gasteiger partial charge in [0.2, 0.25) is 0 Å². The highest BCUT2D eigenvalue weighted by Crippen LogP contribution is 2.27. The lowest BCUT2D eigenvalue weighted by Crippen LogP contribution is -2.39. The fourth-order valence-corrected chi connectivity index (χ4v) is 3.11. The molecule has 3 unspecified atom stereocenters. The molecule has 3 atom stereocenters. The van der Waals surface area contributed by atoms with E-state index in [2.05, 4.69) is 12.2 Å². The van der Waals surface area contributed by atoms with Crippen molar-refractivity contribution in [1.29, 1.82) is 0 Å². The minimum absolute atomic E-state index is 0.184. The summed E-state index contributed by atoms with van der Waals surface area (Å²) in [4.78, 5) is 0. The number of rotatable bonds is 10. The van der Waals surface area contributed by atoms with E-state index >= 15 is 0 Å². The normalized spacial score (nSPS) is 21.6. The summed E-state index contributed by atoms with van der Waals surface area (Å²) in [7, 11) is 0. The third-order valence-corrected chi connectivity index (χ3v) is 4.42. The maximum Gasteiger partial charge on any atom is 0.0715 e. The number of hydrogen-bond donors (Lipinski definition) is 4. The van der Waals surface area contributed by atoms with E-state index in [1.807, 2.05) is 0 Å². The monoisotopic (exact) mass is 286 g/mol. The third-order valence-electron chi connectivity index (χ3n) is 4.42. The standard InChI is InChI=1S/C16H34N2O2/c1-2-9-18-10-8-14(19)12-16(20)15(17)11-13-6-4-3-5-7-13/h13-16,18-20H,2-12,17H2,1H3. The van der Waals surface area contributed by atoms with Gasteiger partial charge in [-0.15, -0.1) is 0 Å². The highest BCUT2D eigenvalue weighted by atomic mass is 16.3. The molecule has 0 aromatic carbocycles. The first kappa shape index (κ1) is 17.9. The van der Waals surface area contributed by atoms with Gasteiger partial charge in [0.1, 0.15) is 0 Å². The van der Waals surface area contributed by atoms with Gasteiger partial charge in [-0.1, -0.05) is 39.0 Å². The molecule has 0 heterocycles. The van der Waals surface area contributed by atoms with E-state index in [1.165, 1.54) is 32.1 Å². The van der Waals surface area contributed by atoms with Crippen molar-refractivity contribution in [2.75, 3.05) is 13.1 Å². The van der Waals surface area contributed by atoms with Crippen LogP contribution >= 0.6 is 0 Å². The number of nitrogens with two attached hydrogens (primary N) is 1. The first-order valence-corrected chi connectivity index (χ1v) is 8.46. The zero-order valence-corrected chi connectivity index (χ0v) is 13.1. The molecule has 0 saturated heterocycles. The van der Waals surface area contributed by atoms with Gasteiger partial charge in [0.15, 0.2) is 0 Å². The summed E-state index contributed by atoms with van der Waals surface area (Å²) in [6.45, 7) is 3.91. The van der Waals surface area contributed by atoms with Gasteiger partial charge in [-0.2, -0.15) is 0 Å². The van der Waals surface area contributed by atoms with Crippen LogP contribution in [0.1, 0.15) is 64.7 Å². The van der Waals surface area contributed by atoms with E-state index < -0.39 is 12.2 Å². The van der Waals surface area contributed by atoms with Gasteiger partial charge in [-0.05, 0) is 38.3 Å². The lowest BCUT2D eigenvalue weighted by molar-refractivity contribution is 0.0543. The van der Waals surface area contributed by atoms with E-state index in [4.69, 9.17) is 5.73 Å². The average Bonchev–Trinajstić information content (AvgIpc) is 2.44. The molecule has 1 saturated carbocycles. The van der Waals surface area contributed by atoms with Crippen molar-refractivity contribution in [3.63, 3.8) is 0 Å². The quantitative estimate of drug-likeness (QED) is 0.462. The van der Waals surface area contributed by atoms with E-state index in [1.54, 1.807) is 0 Å². The van der Waals surface area contributed by atoms with Crippen LogP contribution in [0, 0.1) is 5.92 Å². The average molecular weight is 286 g/mol. The predicted octanol–water partition coefficient (Wildman–Crippen LogP) is 1.79. The lowest BCUT2D eigenvalue weighted by Gasteiger charge is -2.28. The summed E-state index contributed by atoms with van der Waals surface area (Å²) >= 11 is 0. The van der Waals surface area contributed by atoms with Crippen LogP contribution in [0.4, 0.5) is 0 Å². The van der Waals surface area contributed by atoms with Crippen LogP contribution in [0.5, 0.6) is 0 Å². The highest BCUT2D eigenvalue weighted by Gasteiger charge is 2.23. The SMILES string of the molecule is CCCNCCC(O)CC(O)C(N)CC1CCCCC1. The van der Waals surface area contributed by atoms with Gasteiger partial charge < -0.3 is 21.3 Å². The number of aliphatic hydroxyl groups is 2. The van der Waals surface area contributed by atoms with Crippen LogP contribution in [0.3, 0.4) is 0 Å². The number of nitrogens with one attached hydrogen (secondary N) is 1. The molecule has 1 rings (SSSR count). The second kappa shape index (κ2) is 10.6. The Morgan fingerprint density at radius 2 is 1.85 bits per heavy atom. The Morgan fingerprint density at radius 1 is 1.15 bits per heavy atom. The Bertz CT molecular complexity index is 233. The van der Waals surface area contributed by atoms with Crippen molar-refractivity contribution in [3.05, 3.63) is 0 Å². The fourth-order valence-electron chi connectivity index (χ4n) is 3.11. The molecule has 0 aromatic heterocycles. The molecule has 0 radical (unpaired) electrons. The molecule has 4 nitrogen and oxygen atoms in total. The first-order chi connectivity index (χ1) is 9.63. The Morgan fingerprint density at radius 3 is 2.50 bits per heavy atom. The summed E-state index contributed by atoms with van der Waals surface area (Å²) in [5.74, 6) is 0.678. The van der Waals surface area contributed by atoms with Crippen molar-refractivity contribution >= 4 is 0 Å². The van der Waals surface area contributed by atoms with Crippen molar-refractivity contribution in [3.8, 4) is 0 Å². The summed E-state index contributed by atoms with van der Waals surface area (Å²) in [5, 5.41) is 23.3. The third kappa shape index (κ3) is 7.58. The van der Waals surface area contributed by atoms with E-state index in [-0.39, 0.29) is 6.04 Å². The van der Waals surface area contributed by atoms with Crippen molar-refractivity contribution in [1.82, 2.24) is 5.32 Å². The van der Waals surface area contributed by atoms with E-state index in [0.717, 1.165) is 25.9 Å². The van der Waals surface area contributed by atoms with Crippen LogP contribution in [0.15, 0.2) is 0 Å². The maximum atomic E-state index is 10.1. The van der Waals surface area contributed by atoms with Crippen LogP contribution < -0.4 is 11.1 Å². The predicted molar refractivity (Wildman–Crippen MR) is 83.6 cm³/mol. The van der Waals surface area contributed by atoms with Crippen molar-refractivity contribution < 1.29 is 10.2 Å². The second-order valence-electron chi connectivity index (χ2n) is 6.40. The molecule has 1 aliphatic carbocycles. The molecule has 1 aliphatic rings. The summed E-state index contributed by atoms with van der Waals surface area (Å²) < 4.78 is 0. The summed E-state index contributed by atoms with van der Waals surface area (Å²) in [5.41, 5.74) is 6.10. The Kier molecular flexibility index (Phi) is 9.44. The van der Waals surface area contributed by atoms with Crippen molar-refractivity contribution in [2.45, 2.75) is 83.0 Å². The zero-order chi connectivity index (χ0) is 14.8. The molecule has 1 fully saturated rings. The van der Waals surface area contributed by atoms with Crippen LogP contribution in [0.25, 0.3) is 0 Å². The largest absolute Gasteiger partial charge is 0.393 e. The smallest absolute Gasteiger partial charge is 0.0715 e. The molecule has 20 heavy (non-hydrogen) atoms. The van der Waals surface area contributed by atoms with Gasteiger partial charge in [0, 0.05) is 12.5 Å². The summed E-state index contributed by atoms with van der Waals surface area (Å²) in [6.07, 6.45) is 8.54. The zero-order valence-electron chi connectivity index (χ0n) is 13.1. The van der Waals surface area contributed by atoms with Crippen LogP contribution in [0.2, 0.25) is 0 Å². The van der Waals surface area contributed by atoms with E-state index in [9.17, 15) is 10.2 Å². The Balaban J connectivity index is 2.14. The first-order valence-electron chi connectivity index (χ1n) is 8.46. The van der Waals surface area contributed by atoms with Gasteiger partial charge >= 0.3 is 0 Å². The molecular weight excluding hydrogens is 252 g/mol. The van der Waals surface area contributed by atoms with Gasteiger partial charge in [0.25, 0.3) is 0 Å². The van der Waals surface area contributed by atoms with E-state index in [0.29, 0.717) is 18.8 Å². The molecule has 120 valence electrons.